The topological polar surface area (TPSA) is 140 Å². The number of anilines is 1. The molecule has 2 amide bonds. The highest BCUT2D eigenvalue weighted by atomic mass is 16.7. The van der Waals surface area contributed by atoms with Crippen LogP contribution in [0, 0.1) is 0 Å². The van der Waals surface area contributed by atoms with E-state index < -0.39 is 11.5 Å². The van der Waals surface area contributed by atoms with Gasteiger partial charge in [-0.3, -0.25) is 14.4 Å². The molecule has 2 heterocycles. The summed E-state index contributed by atoms with van der Waals surface area (Å²) in [4.78, 5) is 45.0. The molecule has 2 saturated carbocycles. The van der Waals surface area contributed by atoms with Crippen molar-refractivity contribution in [3.8, 4) is 11.3 Å². The van der Waals surface area contributed by atoms with E-state index in [1.54, 1.807) is 24.3 Å². The summed E-state index contributed by atoms with van der Waals surface area (Å²) in [6.45, 7) is 2.37. The first-order chi connectivity index (χ1) is 25.9. The van der Waals surface area contributed by atoms with Crippen LogP contribution in [0.2, 0.25) is 0 Å². The molecule has 7 rings (SSSR count). The Labute approximate surface area is 309 Å². The van der Waals surface area contributed by atoms with E-state index in [0.717, 1.165) is 53.9 Å². The molecule has 3 aliphatic rings. The molecule has 4 aromatic rings. The van der Waals surface area contributed by atoms with Gasteiger partial charge in [0, 0.05) is 29.3 Å². The number of aliphatic carboxylic acids is 1. The van der Waals surface area contributed by atoms with Gasteiger partial charge in [0.2, 0.25) is 5.91 Å². The molecular formula is C42H48N4O7. The monoisotopic (exact) mass is 720 g/mol. The fraction of sp³-hybridized carbons (Fsp3) is 0.405. The Kier molecular flexibility index (Phi) is 11.7. The third kappa shape index (κ3) is 8.55. The molecule has 1 aliphatic heterocycles. The van der Waals surface area contributed by atoms with Crippen molar-refractivity contribution in [2.45, 2.75) is 82.1 Å². The fourth-order valence-corrected chi connectivity index (χ4v) is 8.05. The van der Waals surface area contributed by atoms with Gasteiger partial charge in [0.15, 0.2) is 0 Å². The first-order valence-corrected chi connectivity index (χ1v) is 18.8. The van der Waals surface area contributed by atoms with Crippen molar-refractivity contribution < 1.29 is 33.8 Å². The molecule has 3 aromatic carbocycles. The molecule has 278 valence electrons. The average Bonchev–Trinajstić information content (AvgIpc) is 3.80. The number of benzene rings is 3. The second-order valence-corrected chi connectivity index (χ2v) is 14.3. The number of aromatic nitrogens is 1. The molecule has 1 atom stereocenters. The van der Waals surface area contributed by atoms with Crippen LogP contribution in [0.3, 0.4) is 0 Å². The lowest BCUT2D eigenvalue weighted by Gasteiger charge is -2.29. The number of carbonyl (C=O) groups excluding carboxylic acids is 2. The summed E-state index contributed by atoms with van der Waals surface area (Å²) < 4.78 is 13.5. The SMILES string of the molecule is O=C(O)C=Cc1ccc(NC(=O)C2(NC(=O)c3ccc4c(C5CCCCC5)c(-c5ccccc5)n(CONCC5COCCO5)c4c3)CCCC2)cc1. The number of carboxylic acid groups (broad SMARTS) is 1. The summed E-state index contributed by atoms with van der Waals surface area (Å²) >= 11 is 0. The number of hydrogen-bond acceptors (Lipinski definition) is 7. The molecule has 0 radical (unpaired) electrons. The number of fused-ring (bicyclic) bond motifs is 1. The summed E-state index contributed by atoms with van der Waals surface area (Å²) in [6, 6.07) is 23.2. The Bertz CT molecular complexity index is 1920. The quantitative estimate of drug-likeness (QED) is 0.0656. The van der Waals surface area contributed by atoms with Crippen LogP contribution in [0.25, 0.3) is 28.2 Å². The van der Waals surface area contributed by atoms with Crippen LogP contribution in [0.4, 0.5) is 5.69 Å². The normalized spacial score (nSPS) is 19.1. The van der Waals surface area contributed by atoms with E-state index in [2.05, 4.69) is 51.0 Å². The highest BCUT2D eigenvalue weighted by Gasteiger charge is 2.43. The Hall–Kier alpha value is -4.81. The largest absolute Gasteiger partial charge is 0.478 e. The van der Waals surface area contributed by atoms with Crippen molar-refractivity contribution in [2.24, 2.45) is 0 Å². The minimum Gasteiger partial charge on any atom is -0.478 e. The van der Waals surface area contributed by atoms with Gasteiger partial charge in [-0.1, -0.05) is 80.6 Å². The van der Waals surface area contributed by atoms with Gasteiger partial charge in [-0.15, -0.1) is 0 Å². The second-order valence-electron chi connectivity index (χ2n) is 14.3. The maximum atomic E-state index is 14.2. The van der Waals surface area contributed by atoms with Gasteiger partial charge in [-0.25, -0.2) is 4.79 Å². The first-order valence-electron chi connectivity index (χ1n) is 18.8. The van der Waals surface area contributed by atoms with Gasteiger partial charge in [0.05, 0.1) is 37.1 Å². The van der Waals surface area contributed by atoms with Gasteiger partial charge in [0.25, 0.3) is 5.91 Å². The van der Waals surface area contributed by atoms with Crippen molar-refractivity contribution in [3.63, 3.8) is 0 Å². The lowest BCUT2D eigenvalue weighted by molar-refractivity contribution is -0.131. The number of hydrogen-bond donors (Lipinski definition) is 4. The maximum absolute atomic E-state index is 14.2. The molecule has 1 saturated heterocycles. The van der Waals surface area contributed by atoms with Crippen LogP contribution in [0.1, 0.15) is 85.2 Å². The number of amides is 2. The summed E-state index contributed by atoms with van der Waals surface area (Å²) in [5, 5.41) is 16.2. The van der Waals surface area contributed by atoms with Crippen LogP contribution in [0.15, 0.2) is 78.9 Å². The number of ether oxygens (including phenoxy) is 2. The first kappa shape index (κ1) is 36.5. The molecule has 11 nitrogen and oxygen atoms in total. The smallest absolute Gasteiger partial charge is 0.328 e. The lowest BCUT2D eigenvalue weighted by atomic mass is 9.82. The number of nitrogens with one attached hydrogen (secondary N) is 3. The molecule has 2 aliphatic carbocycles. The van der Waals surface area contributed by atoms with Crippen LogP contribution in [-0.4, -0.2) is 65.5 Å². The zero-order valence-electron chi connectivity index (χ0n) is 30.0. The number of nitrogens with zero attached hydrogens (tertiary/aromatic N) is 1. The summed E-state index contributed by atoms with van der Waals surface area (Å²) in [5.74, 6) is -1.22. The minimum absolute atomic E-state index is 0.0905. The fourth-order valence-electron chi connectivity index (χ4n) is 8.05. The van der Waals surface area contributed by atoms with Crippen molar-refractivity contribution in [1.29, 1.82) is 0 Å². The van der Waals surface area contributed by atoms with Crippen LogP contribution in [0.5, 0.6) is 0 Å². The summed E-state index contributed by atoms with van der Waals surface area (Å²) in [6.07, 6.45) is 11.0. The third-order valence-electron chi connectivity index (χ3n) is 10.7. The standard InChI is InChI=1S/C42H48N4O7/c47-37(48)20-15-29-13-17-33(18-14-29)44-41(50)42(21-7-8-22-42)45-40(49)32-16-19-35-36(25-32)46(28-53-43-26-34-27-51-23-24-52-34)39(31-11-5-2-6-12-31)38(35)30-9-3-1-4-10-30/h2,5-6,11-20,25,30,34,43H,1,3-4,7-10,21-24,26-28H2,(H,44,50)(H,45,49)(H,47,48). The summed E-state index contributed by atoms with van der Waals surface area (Å²) in [7, 11) is 0. The minimum atomic E-state index is -1.06. The molecule has 53 heavy (non-hydrogen) atoms. The summed E-state index contributed by atoms with van der Waals surface area (Å²) in [5.41, 5.74) is 8.16. The average molecular weight is 721 g/mol. The van der Waals surface area contributed by atoms with Crippen LogP contribution >= 0.6 is 0 Å². The third-order valence-corrected chi connectivity index (χ3v) is 10.7. The van der Waals surface area contributed by atoms with E-state index in [4.69, 9.17) is 19.4 Å². The van der Waals surface area contributed by atoms with Gasteiger partial charge >= 0.3 is 5.97 Å². The number of carbonyl (C=O) groups is 3. The van der Waals surface area contributed by atoms with E-state index in [1.807, 2.05) is 18.2 Å². The van der Waals surface area contributed by atoms with Gasteiger partial charge in [-0.05, 0) is 78.6 Å². The molecule has 11 heteroatoms. The second kappa shape index (κ2) is 16.9. The highest BCUT2D eigenvalue weighted by molar-refractivity contribution is 6.06. The zero-order chi connectivity index (χ0) is 36.6. The zero-order valence-corrected chi connectivity index (χ0v) is 30.0. The maximum Gasteiger partial charge on any atom is 0.328 e. The van der Waals surface area contributed by atoms with Gasteiger partial charge < -0.3 is 29.8 Å². The van der Waals surface area contributed by atoms with Crippen molar-refractivity contribution in [1.82, 2.24) is 15.4 Å². The number of hydroxylamine groups is 1. The van der Waals surface area contributed by atoms with Crippen LogP contribution < -0.4 is 16.1 Å². The van der Waals surface area contributed by atoms with E-state index in [0.29, 0.717) is 61.9 Å². The molecular weight excluding hydrogens is 672 g/mol. The molecule has 4 N–H and O–H groups in total. The van der Waals surface area contributed by atoms with E-state index in [1.165, 1.54) is 30.9 Å². The number of rotatable bonds is 13. The molecule has 1 unspecified atom stereocenters. The Balaban J connectivity index is 1.18. The lowest BCUT2D eigenvalue weighted by Crippen LogP contribution is -2.55. The Morgan fingerprint density at radius 1 is 0.925 bits per heavy atom. The predicted octanol–water partition coefficient (Wildman–Crippen LogP) is 7.03. The number of carboxylic acids is 1. The van der Waals surface area contributed by atoms with E-state index in [-0.39, 0.29) is 24.6 Å². The Morgan fingerprint density at radius 3 is 2.42 bits per heavy atom. The van der Waals surface area contributed by atoms with E-state index >= 15 is 0 Å². The predicted molar refractivity (Wildman–Crippen MR) is 203 cm³/mol. The Morgan fingerprint density at radius 2 is 1.70 bits per heavy atom. The van der Waals surface area contributed by atoms with Gasteiger partial charge in [0.1, 0.15) is 12.3 Å². The van der Waals surface area contributed by atoms with Crippen LogP contribution in [-0.2, 0) is 30.6 Å². The molecule has 3 fully saturated rings. The molecule has 0 bridgehead atoms. The van der Waals surface area contributed by atoms with Gasteiger partial charge in [-0.2, -0.15) is 5.48 Å². The van der Waals surface area contributed by atoms with Crippen molar-refractivity contribution >= 4 is 40.4 Å². The van der Waals surface area contributed by atoms with E-state index in [9.17, 15) is 14.4 Å². The van der Waals surface area contributed by atoms with Crippen molar-refractivity contribution in [2.75, 3.05) is 31.7 Å². The molecule has 1 aromatic heterocycles. The van der Waals surface area contributed by atoms with Crippen molar-refractivity contribution in [3.05, 3.63) is 95.6 Å². The highest BCUT2D eigenvalue weighted by Crippen LogP contribution is 2.44. The molecule has 0 spiro atoms.